The molecular formula is C16H15ClOS. The van der Waals surface area contributed by atoms with Gasteiger partial charge in [0.05, 0.1) is 9.21 Å². The summed E-state index contributed by atoms with van der Waals surface area (Å²) in [4.78, 5) is 13.3. The number of rotatable bonds is 2. The molecular weight excluding hydrogens is 276 g/mol. The molecule has 98 valence electrons. The molecule has 1 nitrogen and oxygen atoms in total. The van der Waals surface area contributed by atoms with Crippen molar-refractivity contribution in [2.24, 2.45) is 5.92 Å². The number of hydrogen-bond acceptors (Lipinski definition) is 2. The van der Waals surface area contributed by atoms with E-state index in [1.54, 1.807) is 0 Å². The first-order valence-electron chi connectivity index (χ1n) is 6.52. The molecule has 1 aromatic carbocycles. The molecule has 1 aliphatic rings. The molecule has 1 unspecified atom stereocenters. The number of thiophene rings is 1. The Labute approximate surface area is 122 Å². The predicted molar refractivity (Wildman–Crippen MR) is 80.4 cm³/mol. The van der Waals surface area contributed by atoms with E-state index in [9.17, 15) is 4.79 Å². The fourth-order valence-corrected chi connectivity index (χ4v) is 3.92. The van der Waals surface area contributed by atoms with Crippen molar-refractivity contribution in [2.45, 2.75) is 26.2 Å². The zero-order valence-electron chi connectivity index (χ0n) is 10.8. The molecule has 19 heavy (non-hydrogen) atoms. The van der Waals surface area contributed by atoms with Gasteiger partial charge in [0.25, 0.3) is 0 Å². The van der Waals surface area contributed by atoms with Crippen LogP contribution in [0.25, 0.3) is 0 Å². The summed E-state index contributed by atoms with van der Waals surface area (Å²) in [6.07, 6.45) is 2.82. The highest BCUT2D eigenvalue weighted by Crippen LogP contribution is 2.32. The molecule has 1 aliphatic carbocycles. The van der Waals surface area contributed by atoms with Crippen LogP contribution in [0.1, 0.15) is 32.8 Å². The first-order valence-corrected chi connectivity index (χ1v) is 7.71. The molecule has 1 heterocycles. The SMILES string of the molecule is Cc1cc(C(=O)C2CCc3ccccc3C2)sc1Cl. The highest BCUT2D eigenvalue weighted by atomic mass is 35.5. The number of carbonyl (C=O) groups is 1. The number of aryl methyl sites for hydroxylation is 2. The van der Waals surface area contributed by atoms with Gasteiger partial charge in [-0.2, -0.15) is 0 Å². The Morgan fingerprint density at radius 3 is 2.74 bits per heavy atom. The molecule has 1 aromatic heterocycles. The Balaban J connectivity index is 1.83. The topological polar surface area (TPSA) is 17.1 Å². The maximum absolute atomic E-state index is 12.5. The molecule has 0 aliphatic heterocycles. The Morgan fingerprint density at radius 1 is 1.32 bits per heavy atom. The Kier molecular flexibility index (Phi) is 3.46. The second-order valence-corrected chi connectivity index (χ2v) is 6.79. The molecule has 0 radical (unpaired) electrons. The number of hydrogen-bond donors (Lipinski definition) is 0. The summed E-state index contributed by atoms with van der Waals surface area (Å²) in [6, 6.07) is 10.4. The fourth-order valence-electron chi connectivity index (χ4n) is 2.70. The molecule has 2 aromatic rings. The van der Waals surface area contributed by atoms with Crippen LogP contribution in [0.3, 0.4) is 0 Å². The van der Waals surface area contributed by atoms with Crippen molar-refractivity contribution in [3.05, 3.63) is 56.2 Å². The Morgan fingerprint density at radius 2 is 2.05 bits per heavy atom. The van der Waals surface area contributed by atoms with Crippen LogP contribution in [-0.4, -0.2) is 5.78 Å². The molecule has 3 rings (SSSR count). The summed E-state index contributed by atoms with van der Waals surface area (Å²) in [6.45, 7) is 1.95. The van der Waals surface area contributed by atoms with E-state index in [1.807, 2.05) is 13.0 Å². The molecule has 0 fully saturated rings. The second kappa shape index (κ2) is 5.10. The minimum absolute atomic E-state index is 0.115. The average molecular weight is 291 g/mol. The van der Waals surface area contributed by atoms with Crippen molar-refractivity contribution < 1.29 is 4.79 Å². The maximum atomic E-state index is 12.5. The smallest absolute Gasteiger partial charge is 0.176 e. The van der Waals surface area contributed by atoms with Gasteiger partial charge < -0.3 is 0 Å². The molecule has 0 bridgehead atoms. The van der Waals surface area contributed by atoms with Crippen molar-refractivity contribution in [3.8, 4) is 0 Å². The average Bonchev–Trinajstić information content (AvgIpc) is 2.77. The monoisotopic (exact) mass is 290 g/mol. The van der Waals surface area contributed by atoms with Crippen LogP contribution in [0.5, 0.6) is 0 Å². The number of ketones is 1. The van der Waals surface area contributed by atoms with E-state index in [0.717, 1.165) is 34.0 Å². The number of benzene rings is 1. The van der Waals surface area contributed by atoms with Gasteiger partial charge in [0.2, 0.25) is 0 Å². The number of fused-ring (bicyclic) bond motifs is 1. The summed E-state index contributed by atoms with van der Waals surface area (Å²) in [7, 11) is 0. The van der Waals surface area contributed by atoms with E-state index in [1.165, 1.54) is 22.5 Å². The van der Waals surface area contributed by atoms with Crippen LogP contribution < -0.4 is 0 Å². The lowest BCUT2D eigenvalue weighted by molar-refractivity contribution is 0.0913. The lowest BCUT2D eigenvalue weighted by Gasteiger charge is -2.23. The van der Waals surface area contributed by atoms with Crippen molar-refractivity contribution >= 4 is 28.7 Å². The van der Waals surface area contributed by atoms with Crippen molar-refractivity contribution in [1.29, 1.82) is 0 Å². The number of carbonyl (C=O) groups excluding carboxylic acids is 1. The Hall–Kier alpha value is -1.12. The largest absolute Gasteiger partial charge is 0.293 e. The lowest BCUT2D eigenvalue weighted by atomic mass is 9.81. The Bertz CT molecular complexity index is 610. The predicted octanol–water partition coefficient (Wildman–Crippen LogP) is 4.70. The van der Waals surface area contributed by atoms with Crippen LogP contribution in [0.4, 0.5) is 0 Å². The van der Waals surface area contributed by atoms with E-state index in [2.05, 4.69) is 24.3 Å². The third-order valence-corrected chi connectivity index (χ3v) is 5.39. The van der Waals surface area contributed by atoms with E-state index in [0.29, 0.717) is 0 Å². The second-order valence-electron chi connectivity index (χ2n) is 5.14. The lowest BCUT2D eigenvalue weighted by Crippen LogP contribution is -2.22. The zero-order valence-corrected chi connectivity index (χ0v) is 12.4. The normalized spacial score (nSPS) is 18.1. The van der Waals surface area contributed by atoms with Crippen LogP contribution in [0.15, 0.2) is 30.3 Å². The molecule has 0 spiro atoms. The molecule has 1 atom stereocenters. The van der Waals surface area contributed by atoms with Crippen molar-refractivity contribution in [3.63, 3.8) is 0 Å². The van der Waals surface area contributed by atoms with E-state index >= 15 is 0 Å². The minimum atomic E-state index is 0.115. The molecule has 3 heteroatoms. The van der Waals surface area contributed by atoms with Crippen LogP contribution in [0, 0.1) is 12.8 Å². The summed E-state index contributed by atoms with van der Waals surface area (Å²) in [5.41, 5.74) is 3.73. The van der Waals surface area contributed by atoms with Gasteiger partial charge in [0.15, 0.2) is 5.78 Å². The zero-order chi connectivity index (χ0) is 13.4. The maximum Gasteiger partial charge on any atom is 0.176 e. The number of Topliss-reactive ketones (excluding diaryl/α,β-unsaturated/α-hetero) is 1. The van der Waals surface area contributed by atoms with E-state index in [-0.39, 0.29) is 11.7 Å². The van der Waals surface area contributed by atoms with Gasteiger partial charge in [-0.3, -0.25) is 4.79 Å². The van der Waals surface area contributed by atoms with Gasteiger partial charge in [0, 0.05) is 5.92 Å². The number of halogens is 1. The summed E-state index contributed by atoms with van der Waals surface area (Å²) < 4.78 is 0.736. The van der Waals surface area contributed by atoms with E-state index < -0.39 is 0 Å². The van der Waals surface area contributed by atoms with Crippen molar-refractivity contribution in [1.82, 2.24) is 0 Å². The van der Waals surface area contributed by atoms with Gasteiger partial charge >= 0.3 is 0 Å². The summed E-state index contributed by atoms with van der Waals surface area (Å²) >= 11 is 7.47. The molecule has 0 saturated carbocycles. The molecule has 0 amide bonds. The van der Waals surface area contributed by atoms with Gasteiger partial charge in [0.1, 0.15) is 0 Å². The van der Waals surface area contributed by atoms with Gasteiger partial charge in [-0.05, 0) is 48.9 Å². The highest BCUT2D eigenvalue weighted by Gasteiger charge is 2.26. The van der Waals surface area contributed by atoms with Gasteiger partial charge in [-0.15, -0.1) is 11.3 Å². The van der Waals surface area contributed by atoms with E-state index in [4.69, 9.17) is 11.6 Å². The fraction of sp³-hybridized carbons (Fsp3) is 0.312. The quantitative estimate of drug-likeness (QED) is 0.733. The third-order valence-electron chi connectivity index (χ3n) is 3.82. The molecule has 0 N–H and O–H groups in total. The van der Waals surface area contributed by atoms with Crippen LogP contribution >= 0.6 is 22.9 Å². The summed E-state index contributed by atoms with van der Waals surface area (Å²) in [5.74, 6) is 0.374. The first kappa shape index (κ1) is 12.9. The highest BCUT2D eigenvalue weighted by molar-refractivity contribution is 7.18. The van der Waals surface area contributed by atoms with Crippen LogP contribution in [-0.2, 0) is 12.8 Å². The standard InChI is InChI=1S/C16H15ClOS/c1-10-8-14(19-16(10)17)15(18)13-7-6-11-4-2-3-5-12(11)9-13/h2-5,8,13H,6-7,9H2,1H3. The van der Waals surface area contributed by atoms with Crippen LogP contribution in [0.2, 0.25) is 4.34 Å². The third kappa shape index (κ3) is 2.47. The van der Waals surface area contributed by atoms with Gasteiger partial charge in [-0.1, -0.05) is 35.9 Å². The minimum Gasteiger partial charge on any atom is -0.293 e. The van der Waals surface area contributed by atoms with Crippen molar-refractivity contribution in [2.75, 3.05) is 0 Å². The first-order chi connectivity index (χ1) is 9.15. The van der Waals surface area contributed by atoms with Gasteiger partial charge in [-0.25, -0.2) is 0 Å². The molecule has 0 saturated heterocycles. The summed E-state index contributed by atoms with van der Waals surface area (Å²) in [5, 5.41) is 0.